The average molecular weight is 605 g/mol. The molecule has 7 rings (SSSR count). The van der Waals surface area contributed by atoms with Crippen molar-refractivity contribution in [3.63, 3.8) is 0 Å². The van der Waals surface area contributed by atoms with Gasteiger partial charge in [-0.25, -0.2) is 4.98 Å². The zero-order valence-corrected chi connectivity index (χ0v) is 25.1. The molecule has 2 aromatic heterocycles. The molecule has 2 aliphatic heterocycles. The SMILES string of the molecule is O=Cc1ccc(N2CCC3(CC2)CC(N2CCN(Cc4ccc(Cl)cc4)CC2)C3)cc1Oc1cnc2[nH]cc(Cl)c2c1. The van der Waals surface area contributed by atoms with Gasteiger partial charge >= 0.3 is 0 Å². The monoisotopic (exact) mass is 603 g/mol. The largest absolute Gasteiger partial charge is 0.455 e. The minimum Gasteiger partial charge on any atom is -0.455 e. The molecule has 42 heavy (non-hydrogen) atoms. The van der Waals surface area contributed by atoms with E-state index in [2.05, 4.69) is 36.8 Å². The van der Waals surface area contributed by atoms with Crippen molar-refractivity contribution in [2.75, 3.05) is 44.2 Å². The van der Waals surface area contributed by atoms with Gasteiger partial charge in [-0.3, -0.25) is 14.6 Å². The van der Waals surface area contributed by atoms with E-state index in [9.17, 15) is 4.79 Å². The molecule has 1 spiro atoms. The standard InChI is InChI=1S/C33H35Cl2N5O2/c34-25-4-1-23(2-5-25)21-38-11-13-40(14-12-38)27-17-33(18-27)7-9-39(10-8-33)26-6-3-24(22-41)31(15-26)42-28-16-29-30(35)20-37-32(29)36-19-28/h1-6,15-16,19-20,22,27H,7-14,17-18,21H2,(H,36,37). The number of rotatable bonds is 7. The van der Waals surface area contributed by atoms with E-state index in [0.717, 1.165) is 74.2 Å². The van der Waals surface area contributed by atoms with Gasteiger partial charge in [0.15, 0.2) is 6.29 Å². The highest BCUT2D eigenvalue weighted by Gasteiger charge is 2.48. The fourth-order valence-electron chi connectivity index (χ4n) is 7.02. The molecule has 2 aromatic carbocycles. The Morgan fingerprint density at radius 1 is 0.976 bits per heavy atom. The van der Waals surface area contributed by atoms with Crippen LogP contribution in [-0.4, -0.2) is 71.4 Å². The van der Waals surface area contributed by atoms with Crippen LogP contribution in [0.25, 0.3) is 11.0 Å². The van der Waals surface area contributed by atoms with Gasteiger partial charge in [0.25, 0.3) is 0 Å². The van der Waals surface area contributed by atoms with Gasteiger partial charge in [-0.15, -0.1) is 0 Å². The molecule has 7 nitrogen and oxygen atoms in total. The summed E-state index contributed by atoms with van der Waals surface area (Å²) in [6.07, 6.45) is 9.23. The number of piperazine rings is 1. The number of benzene rings is 2. The molecule has 9 heteroatoms. The molecule has 3 fully saturated rings. The molecule has 1 saturated carbocycles. The highest BCUT2D eigenvalue weighted by molar-refractivity contribution is 6.35. The topological polar surface area (TPSA) is 64.7 Å². The van der Waals surface area contributed by atoms with E-state index in [4.69, 9.17) is 27.9 Å². The molecule has 1 aliphatic carbocycles. The molecule has 0 amide bonds. The molecule has 218 valence electrons. The first-order chi connectivity index (χ1) is 20.5. The predicted molar refractivity (Wildman–Crippen MR) is 168 cm³/mol. The van der Waals surface area contributed by atoms with E-state index in [1.54, 1.807) is 12.4 Å². The number of nitrogens with zero attached hydrogens (tertiary/aromatic N) is 4. The fraction of sp³-hybridized carbons (Fsp3) is 0.394. The zero-order chi connectivity index (χ0) is 28.7. The van der Waals surface area contributed by atoms with Crippen LogP contribution in [0.3, 0.4) is 0 Å². The first-order valence-corrected chi connectivity index (χ1v) is 15.6. The summed E-state index contributed by atoms with van der Waals surface area (Å²) in [7, 11) is 0. The van der Waals surface area contributed by atoms with Gasteiger partial charge in [0.2, 0.25) is 0 Å². The van der Waals surface area contributed by atoms with Crippen molar-refractivity contribution in [3.05, 3.63) is 82.1 Å². The van der Waals surface area contributed by atoms with Crippen molar-refractivity contribution in [3.8, 4) is 11.5 Å². The number of hydrogen-bond donors (Lipinski definition) is 1. The molecule has 2 saturated heterocycles. The number of ether oxygens (including phenoxy) is 1. The van der Waals surface area contributed by atoms with Crippen LogP contribution < -0.4 is 9.64 Å². The summed E-state index contributed by atoms with van der Waals surface area (Å²) in [5, 5.41) is 2.18. The van der Waals surface area contributed by atoms with Gasteiger partial charge < -0.3 is 14.6 Å². The maximum Gasteiger partial charge on any atom is 0.153 e. The molecule has 4 aromatic rings. The van der Waals surface area contributed by atoms with Crippen LogP contribution in [0, 0.1) is 5.41 Å². The van der Waals surface area contributed by atoms with Crippen molar-refractivity contribution in [1.29, 1.82) is 0 Å². The number of anilines is 1. The molecule has 3 aliphatic rings. The summed E-state index contributed by atoms with van der Waals surface area (Å²) in [5.74, 6) is 1.09. The number of nitrogens with one attached hydrogen (secondary N) is 1. The predicted octanol–water partition coefficient (Wildman–Crippen LogP) is 7.04. The molecule has 0 bridgehead atoms. The van der Waals surface area contributed by atoms with Crippen LogP contribution in [0.15, 0.2) is 60.9 Å². The Morgan fingerprint density at radius 3 is 2.48 bits per heavy atom. The molecule has 1 N–H and O–H groups in total. The van der Waals surface area contributed by atoms with E-state index >= 15 is 0 Å². The van der Waals surface area contributed by atoms with Gasteiger partial charge in [-0.2, -0.15) is 0 Å². The summed E-state index contributed by atoms with van der Waals surface area (Å²) in [5.41, 5.74) is 4.12. The van der Waals surface area contributed by atoms with Crippen molar-refractivity contribution < 1.29 is 9.53 Å². The van der Waals surface area contributed by atoms with Crippen molar-refractivity contribution in [2.45, 2.75) is 38.3 Å². The van der Waals surface area contributed by atoms with Crippen molar-refractivity contribution in [1.82, 2.24) is 19.8 Å². The maximum absolute atomic E-state index is 11.8. The normalized spacial score (nSPS) is 19.7. The van der Waals surface area contributed by atoms with E-state index in [1.165, 1.54) is 31.2 Å². The van der Waals surface area contributed by atoms with Crippen LogP contribution in [0.5, 0.6) is 11.5 Å². The highest BCUT2D eigenvalue weighted by Crippen LogP contribution is 2.51. The fourth-order valence-corrected chi connectivity index (χ4v) is 7.35. The number of carbonyl (C=O) groups excluding carboxylic acids is 1. The third-order valence-electron chi connectivity index (χ3n) is 9.58. The summed E-state index contributed by atoms with van der Waals surface area (Å²) in [4.78, 5) is 26.9. The molecule has 4 heterocycles. The first kappa shape index (κ1) is 27.7. The maximum atomic E-state index is 11.8. The number of piperidine rings is 1. The minimum absolute atomic E-state index is 0.473. The number of H-pyrrole nitrogens is 1. The molecule has 0 unspecified atom stereocenters. The van der Waals surface area contributed by atoms with Gasteiger partial charge in [0.1, 0.15) is 17.1 Å². The number of aromatic amines is 1. The van der Waals surface area contributed by atoms with E-state index in [-0.39, 0.29) is 0 Å². The van der Waals surface area contributed by atoms with Crippen molar-refractivity contribution >= 4 is 46.2 Å². The summed E-state index contributed by atoms with van der Waals surface area (Å²) >= 11 is 12.3. The lowest BCUT2D eigenvalue weighted by Gasteiger charge is -2.56. The third kappa shape index (κ3) is 5.63. The second-order valence-electron chi connectivity index (χ2n) is 12.1. The summed E-state index contributed by atoms with van der Waals surface area (Å²) < 4.78 is 6.16. The van der Waals surface area contributed by atoms with Gasteiger partial charge in [-0.1, -0.05) is 35.3 Å². The lowest BCUT2D eigenvalue weighted by atomic mass is 9.60. The Balaban J connectivity index is 0.925. The van der Waals surface area contributed by atoms with Crippen LogP contribution >= 0.6 is 23.2 Å². The van der Waals surface area contributed by atoms with Gasteiger partial charge in [-0.05, 0) is 67.0 Å². The van der Waals surface area contributed by atoms with Gasteiger partial charge in [0, 0.05) is 80.2 Å². The minimum atomic E-state index is 0.473. The number of aldehydes is 1. The number of fused-ring (bicyclic) bond motifs is 1. The second-order valence-corrected chi connectivity index (χ2v) is 13.0. The zero-order valence-electron chi connectivity index (χ0n) is 23.6. The second kappa shape index (κ2) is 11.5. The molecule has 0 radical (unpaired) electrons. The van der Waals surface area contributed by atoms with Crippen LogP contribution in [0.2, 0.25) is 10.0 Å². The Kier molecular flexibility index (Phi) is 7.61. The number of carbonyl (C=O) groups is 1. The van der Waals surface area contributed by atoms with Crippen LogP contribution in [0.4, 0.5) is 5.69 Å². The lowest BCUT2D eigenvalue weighted by Crippen LogP contribution is -2.59. The number of aromatic nitrogens is 2. The van der Waals surface area contributed by atoms with E-state index in [0.29, 0.717) is 33.1 Å². The highest BCUT2D eigenvalue weighted by atomic mass is 35.5. The first-order valence-electron chi connectivity index (χ1n) is 14.8. The smallest absolute Gasteiger partial charge is 0.153 e. The van der Waals surface area contributed by atoms with E-state index in [1.807, 2.05) is 36.4 Å². The molecular weight excluding hydrogens is 569 g/mol. The number of halogens is 2. The number of pyridine rings is 1. The molecule has 0 atom stereocenters. The summed E-state index contributed by atoms with van der Waals surface area (Å²) in [6, 6.07) is 16.7. The lowest BCUT2D eigenvalue weighted by molar-refractivity contribution is -0.0355. The number of hydrogen-bond acceptors (Lipinski definition) is 6. The quantitative estimate of drug-likeness (QED) is 0.228. The van der Waals surface area contributed by atoms with Gasteiger partial charge in [0.05, 0.1) is 16.8 Å². The Bertz CT molecular complexity index is 1570. The third-order valence-corrected chi connectivity index (χ3v) is 10.1. The Morgan fingerprint density at radius 2 is 1.74 bits per heavy atom. The van der Waals surface area contributed by atoms with E-state index < -0.39 is 0 Å². The van der Waals surface area contributed by atoms with Crippen LogP contribution in [-0.2, 0) is 6.54 Å². The Hall–Kier alpha value is -3.10. The molecular formula is C33H35Cl2N5O2. The average Bonchev–Trinajstić information content (AvgIpc) is 3.37. The summed E-state index contributed by atoms with van der Waals surface area (Å²) in [6.45, 7) is 7.62. The van der Waals surface area contributed by atoms with Crippen LogP contribution in [0.1, 0.15) is 41.6 Å². The van der Waals surface area contributed by atoms with Crippen molar-refractivity contribution in [2.24, 2.45) is 5.41 Å². The Labute approximate surface area is 256 Å².